The Morgan fingerprint density at radius 1 is 1.50 bits per heavy atom. The summed E-state index contributed by atoms with van der Waals surface area (Å²) in [5.74, 6) is 4.58. The first-order chi connectivity index (χ1) is 10.3. The molecule has 1 rings (SSSR count). The van der Waals surface area contributed by atoms with Crippen LogP contribution in [0.4, 0.5) is 0 Å². The summed E-state index contributed by atoms with van der Waals surface area (Å²) in [5, 5.41) is 12.5. The molecule has 0 aromatic rings. The summed E-state index contributed by atoms with van der Waals surface area (Å²) in [6.45, 7) is 5.49. The maximum atomic E-state index is 11.7. The average Bonchev–Trinajstić information content (AvgIpc) is 2.86. The van der Waals surface area contributed by atoms with Crippen LogP contribution in [-0.4, -0.2) is 35.4 Å². The lowest BCUT2D eigenvalue weighted by Crippen LogP contribution is -2.37. The van der Waals surface area contributed by atoms with Gasteiger partial charge >= 0.3 is 5.97 Å². The second-order valence-electron chi connectivity index (χ2n) is 6.43. The highest BCUT2D eigenvalue weighted by atomic mass is 16.4. The lowest BCUT2D eigenvalue weighted by molar-refractivity contribution is -0.149. The molecule has 4 atom stereocenters. The van der Waals surface area contributed by atoms with Crippen molar-refractivity contribution in [1.82, 2.24) is 10.7 Å². The Morgan fingerprint density at radius 2 is 2.18 bits per heavy atom. The molecule has 0 aliphatic heterocycles. The molecule has 22 heavy (non-hydrogen) atoms. The lowest BCUT2D eigenvalue weighted by atomic mass is 9.78. The van der Waals surface area contributed by atoms with Crippen LogP contribution in [0.1, 0.15) is 52.9 Å². The van der Waals surface area contributed by atoms with Crippen molar-refractivity contribution in [3.8, 4) is 0 Å². The van der Waals surface area contributed by atoms with Gasteiger partial charge in [0.25, 0.3) is 0 Å². The predicted molar refractivity (Wildman–Crippen MR) is 85.2 cm³/mol. The molecule has 1 aliphatic carbocycles. The number of hydrogen-bond acceptors (Lipinski definition) is 4. The first kappa shape index (κ1) is 18.4. The normalized spacial score (nSPS) is 27.5. The third kappa shape index (κ3) is 4.98. The summed E-state index contributed by atoms with van der Waals surface area (Å²) in [6.07, 6.45) is 4.73. The number of carboxylic acids is 1. The Labute approximate surface area is 131 Å². The molecule has 126 valence electrons. The quantitative estimate of drug-likeness (QED) is 0.231. The van der Waals surface area contributed by atoms with E-state index in [0.717, 1.165) is 12.8 Å². The lowest BCUT2D eigenvalue weighted by Gasteiger charge is -2.28. The SMILES string of the molecule is CC(=O)NC(C)C(C)CCC1(C(=O)O)CCC(N=CNN)C1. The maximum Gasteiger partial charge on any atom is 0.309 e. The minimum Gasteiger partial charge on any atom is -0.481 e. The number of amides is 1. The number of aliphatic imine (C=N–C) groups is 1. The first-order valence-corrected chi connectivity index (χ1v) is 7.79. The molecule has 0 bridgehead atoms. The number of nitrogens with zero attached hydrogens (tertiary/aromatic N) is 1. The van der Waals surface area contributed by atoms with Gasteiger partial charge in [0.1, 0.15) is 0 Å². The molecule has 0 aromatic heterocycles. The topological polar surface area (TPSA) is 117 Å². The molecule has 0 saturated heterocycles. The van der Waals surface area contributed by atoms with Gasteiger partial charge in [0.05, 0.1) is 17.8 Å². The van der Waals surface area contributed by atoms with Gasteiger partial charge in [-0.25, -0.2) is 5.84 Å². The number of nitrogens with one attached hydrogen (secondary N) is 2. The third-order valence-corrected chi connectivity index (χ3v) is 4.76. The van der Waals surface area contributed by atoms with Crippen molar-refractivity contribution in [2.75, 3.05) is 0 Å². The largest absolute Gasteiger partial charge is 0.481 e. The van der Waals surface area contributed by atoms with Crippen molar-refractivity contribution in [1.29, 1.82) is 0 Å². The van der Waals surface area contributed by atoms with Crippen molar-refractivity contribution in [3.05, 3.63) is 0 Å². The monoisotopic (exact) mass is 312 g/mol. The fourth-order valence-electron chi connectivity index (χ4n) is 3.12. The fraction of sp³-hybridized carbons (Fsp3) is 0.800. The van der Waals surface area contributed by atoms with Crippen LogP contribution >= 0.6 is 0 Å². The van der Waals surface area contributed by atoms with Crippen LogP contribution in [0.5, 0.6) is 0 Å². The molecular formula is C15H28N4O3. The van der Waals surface area contributed by atoms with Gasteiger partial charge in [0.2, 0.25) is 5.91 Å². The Balaban J connectivity index is 2.60. The van der Waals surface area contributed by atoms with E-state index >= 15 is 0 Å². The summed E-state index contributed by atoms with van der Waals surface area (Å²) < 4.78 is 0. The van der Waals surface area contributed by atoms with E-state index in [0.29, 0.717) is 19.3 Å². The Morgan fingerprint density at radius 3 is 2.73 bits per heavy atom. The van der Waals surface area contributed by atoms with E-state index in [9.17, 15) is 14.7 Å². The molecule has 0 aromatic carbocycles. The Kier molecular flexibility index (Phi) is 6.80. The molecule has 1 aliphatic rings. The number of hydrogen-bond donors (Lipinski definition) is 4. The number of aliphatic carboxylic acids is 1. The van der Waals surface area contributed by atoms with E-state index in [-0.39, 0.29) is 23.9 Å². The van der Waals surface area contributed by atoms with Gasteiger partial charge in [-0.2, -0.15) is 0 Å². The van der Waals surface area contributed by atoms with Crippen molar-refractivity contribution in [2.24, 2.45) is 22.2 Å². The number of hydrazine groups is 1. The molecule has 1 fully saturated rings. The number of nitrogens with two attached hydrogens (primary N) is 1. The summed E-state index contributed by atoms with van der Waals surface area (Å²) >= 11 is 0. The third-order valence-electron chi connectivity index (χ3n) is 4.76. The predicted octanol–water partition coefficient (Wildman–Crippen LogP) is 1.04. The van der Waals surface area contributed by atoms with Crippen LogP contribution in [0.15, 0.2) is 4.99 Å². The van der Waals surface area contributed by atoms with Crippen molar-refractivity contribution < 1.29 is 14.7 Å². The molecule has 7 heteroatoms. The van der Waals surface area contributed by atoms with E-state index in [2.05, 4.69) is 15.7 Å². The summed E-state index contributed by atoms with van der Waals surface area (Å²) in [7, 11) is 0. The molecule has 4 unspecified atom stereocenters. The van der Waals surface area contributed by atoms with Gasteiger partial charge < -0.3 is 15.8 Å². The first-order valence-electron chi connectivity index (χ1n) is 7.79. The van der Waals surface area contributed by atoms with Crippen LogP contribution in [-0.2, 0) is 9.59 Å². The van der Waals surface area contributed by atoms with Gasteiger partial charge in [0, 0.05) is 13.0 Å². The zero-order valence-corrected chi connectivity index (χ0v) is 13.6. The molecule has 1 amide bonds. The number of carbonyl (C=O) groups is 2. The molecule has 0 spiro atoms. The van der Waals surface area contributed by atoms with Crippen LogP contribution in [0.25, 0.3) is 0 Å². The standard InChI is InChI=1S/C15H28N4O3/c1-10(11(2)19-12(3)20)4-6-15(14(21)22)7-5-13(8-15)17-9-18-16/h9-11,13H,4-8,16H2,1-3H3,(H,17,18)(H,19,20)(H,21,22). The highest BCUT2D eigenvalue weighted by molar-refractivity contribution is 5.75. The second kappa shape index (κ2) is 8.12. The molecule has 1 saturated carbocycles. The number of rotatable bonds is 8. The van der Waals surface area contributed by atoms with Crippen LogP contribution in [0.2, 0.25) is 0 Å². The fourth-order valence-corrected chi connectivity index (χ4v) is 3.12. The minimum absolute atomic E-state index is 0.00947. The van der Waals surface area contributed by atoms with E-state index in [1.54, 1.807) is 0 Å². The zero-order chi connectivity index (χ0) is 16.8. The van der Waals surface area contributed by atoms with E-state index in [1.165, 1.54) is 13.3 Å². The molecular weight excluding hydrogens is 284 g/mol. The van der Waals surface area contributed by atoms with E-state index < -0.39 is 11.4 Å². The summed E-state index contributed by atoms with van der Waals surface area (Å²) in [6, 6.07) is 0.0511. The van der Waals surface area contributed by atoms with E-state index in [4.69, 9.17) is 5.84 Å². The Bertz CT molecular complexity index is 427. The smallest absolute Gasteiger partial charge is 0.309 e. The van der Waals surface area contributed by atoms with Crippen LogP contribution in [0, 0.1) is 11.3 Å². The van der Waals surface area contributed by atoms with E-state index in [1.807, 2.05) is 13.8 Å². The van der Waals surface area contributed by atoms with Gasteiger partial charge in [0.15, 0.2) is 0 Å². The molecule has 0 heterocycles. The van der Waals surface area contributed by atoms with Crippen molar-refractivity contribution >= 4 is 18.2 Å². The van der Waals surface area contributed by atoms with Gasteiger partial charge in [-0.3, -0.25) is 14.6 Å². The zero-order valence-electron chi connectivity index (χ0n) is 13.6. The van der Waals surface area contributed by atoms with Gasteiger partial charge in [-0.05, 0) is 44.9 Å². The van der Waals surface area contributed by atoms with Crippen LogP contribution < -0.4 is 16.6 Å². The summed E-state index contributed by atoms with van der Waals surface area (Å²) in [5.41, 5.74) is 1.65. The Hall–Kier alpha value is -1.63. The molecule has 5 N–H and O–H groups in total. The average molecular weight is 312 g/mol. The van der Waals surface area contributed by atoms with Gasteiger partial charge in [-0.1, -0.05) is 6.92 Å². The number of carbonyl (C=O) groups excluding carboxylic acids is 1. The molecule has 7 nitrogen and oxygen atoms in total. The van der Waals surface area contributed by atoms with Gasteiger partial charge in [-0.15, -0.1) is 0 Å². The van der Waals surface area contributed by atoms with Crippen LogP contribution in [0.3, 0.4) is 0 Å². The summed E-state index contributed by atoms with van der Waals surface area (Å²) in [4.78, 5) is 27.1. The number of carboxylic acid groups (broad SMARTS) is 1. The minimum atomic E-state index is -0.745. The maximum absolute atomic E-state index is 11.7. The highest BCUT2D eigenvalue weighted by Crippen LogP contribution is 2.44. The molecule has 0 radical (unpaired) electrons. The highest BCUT2D eigenvalue weighted by Gasteiger charge is 2.45. The van der Waals surface area contributed by atoms with Crippen molar-refractivity contribution in [2.45, 2.75) is 65.0 Å². The second-order valence-corrected chi connectivity index (χ2v) is 6.43. The van der Waals surface area contributed by atoms with Crippen molar-refractivity contribution in [3.63, 3.8) is 0 Å².